The zero-order chi connectivity index (χ0) is 25.0. The van der Waals surface area contributed by atoms with E-state index in [1.807, 2.05) is 43.0 Å². The average molecular weight is 525 g/mol. The molecule has 3 rings (SSSR count). The van der Waals surface area contributed by atoms with E-state index >= 15 is 0 Å². The highest BCUT2D eigenvalue weighted by atomic mass is 35.5. The third-order valence-corrected chi connectivity index (χ3v) is 8.25. The molecular formula is C25H30Cl2N2O4S. The number of rotatable bonds is 7. The molecule has 1 fully saturated rings. The van der Waals surface area contributed by atoms with E-state index in [0.29, 0.717) is 35.0 Å². The molecule has 1 heterocycles. The summed E-state index contributed by atoms with van der Waals surface area (Å²) in [4.78, 5) is 29.7. The quantitative estimate of drug-likeness (QED) is 0.466. The van der Waals surface area contributed by atoms with Crippen molar-refractivity contribution in [3.8, 4) is 0 Å². The molecule has 2 aromatic rings. The van der Waals surface area contributed by atoms with Crippen molar-refractivity contribution in [3.63, 3.8) is 0 Å². The molecule has 0 bridgehead atoms. The van der Waals surface area contributed by atoms with E-state index in [1.165, 1.54) is 6.07 Å². The summed E-state index contributed by atoms with van der Waals surface area (Å²) in [6, 6.07) is 12.4. The second-order valence-corrected chi connectivity index (χ2v) is 10.8. The molecule has 2 aromatic carbocycles. The largest absolute Gasteiger partial charge is 0.462 e. The fraction of sp³-hybridized carbons (Fsp3) is 0.440. The summed E-state index contributed by atoms with van der Waals surface area (Å²) in [7, 11) is -1.66. The maximum absolute atomic E-state index is 13.3. The van der Waals surface area contributed by atoms with Gasteiger partial charge in [0, 0.05) is 41.4 Å². The number of amides is 1. The summed E-state index contributed by atoms with van der Waals surface area (Å²) in [5, 5.41) is 0.870. The van der Waals surface area contributed by atoms with E-state index in [1.54, 1.807) is 19.1 Å². The first kappa shape index (κ1) is 26.5. The lowest BCUT2D eigenvalue weighted by Gasteiger charge is -2.46. The minimum atomic E-state index is -1.66. The van der Waals surface area contributed by atoms with Crippen LogP contribution < -0.4 is 4.90 Å². The number of nitrogens with zero attached hydrogens (tertiary/aromatic N) is 2. The molecule has 9 heteroatoms. The van der Waals surface area contributed by atoms with E-state index in [-0.39, 0.29) is 34.9 Å². The summed E-state index contributed by atoms with van der Waals surface area (Å²) in [6.45, 7) is 9.01. The Morgan fingerprint density at radius 3 is 2.50 bits per heavy atom. The number of hydrogen-bond acceptors (Lipinski definition) is 5. The molecular weight excluding hydrogens is 495 g/mol. The van der Waals surface area contributed by atoms with Crippen LogP contribution in [0.3, 0.4) is 0 Å². The van der Waals surface area contributed by atoms with Crippen LogP contribution in [0.5, 0.6) is 0 Å². The molecule has 0 saturated carbocycles. The van der Waals surface area contributed by atoms with E-state index in [4.69, 9.17) is 27.9 Å². The molecule has 4 atom stereocenters. The van der Waals surface area contributed by atoms with Crippen molar-refractivity contribution in [1.82, 2.24) is 4.90 Å². The summed E-state index contributed by atoms with van der Waals surface area (Å²) in [6.07, 6.45) is 0.448. The Balaban J connectivity index is 1.70. The van der Waals surface area contributed by atoms with Gasteiger partial charge in [0.25, 0.3) is 5.91 Å². The number of anilines is 1. The van der Waals surface area contributed by atoms with Crippen molar-refractivity contribution < 1.29 is 18.5 Å². The van der Waals surface area contributed by atoms with E-state index < -0.39 is 16.8 Å². The van der Waals surface area contributed by atoms with Crippen LogP contribution in [-0.2, 0) is 20.3 Å². The number of benzene rings is 2. The van der Waals surface area contributed by atoms with Crippen LogP contribution in [0.4, 0.5) is 5.69 Å². The summed E-state index contributed by atoms with van der Waals surface area (Å²) in [5.74, 6) is -0.957. The van der Waals surface area contributed by atoms with Crippen LogP contribution in [0.1, 0.15) is 44.5 Å². The van der Waals surface area contributed by atoms with Gasteiger partial charge >= 0.3 is 5.97 Å². The van der Waals surface area contributed by atoms with Crippen LogP contribution in [-0.4, -0.2) is 58.0 Å². The van der Waals surface area contributed by atoms with Crippen LogP contribution in [0.2, 0.25) is 10.0 Å². The Labute approximate surface area is 213 Å². The van der Waals surface area contributed by atoms with Gasteiger partial charge in [-0.15, -0.1) is 0 Å². The zero-order valence-electron chi connectivity index (χ0n) is 19.8. The van der Waals surface area contributed by atoms with E-state index in [0.717, 1.165) is 5.69 Å². The monoisotopic (exact) mass is 524 g/mol. The first-order chi connectivity index (χ1) is 16.1. The highest BCUT2D eigenvalue weighted by molar-refractivity contribution is 7.85. The van der Waals surface area contributed by atoms with Crippen molar-refractivity contribution in [2.45, 2.75) is 57.2 Å². The smallest absolute Gasteiger partial charge is 0.319 e. The van der Waals surface area contributed by atoms with Crippen LogP contribution in [0.25, 0.3) is 0 Å². The molecule has 0 N–H and O–H groups in total. The van der Waals surface area contributed by atoms with Gasteiger partial charge in [0.05, 0.1) is 26.8 Å². The predicted octanol–water partition coefficient (Wildman–Crippen LogP) is 5.18. The van der Waals surface area contributed by atoms with Crippen molar-refractivity contribution in [3.05, 3.63) is 58.1 Å². The van der Waals surface area contributed by atoms with Gasteiger partial charge in [-0.1, -0.05) is 36.2 Å². The third-order valence-electron chi connectivity index (χ3n) is 6.24. The molecule has 0 aliphatic carbocycles. The normalized spacial score (nSPS) is 20.1. The molecule has 1 saturated heterocycles. The van der Waals surface area contributed by atoms with Gasteiger partial charge in [-0.25, -0.2) is 0 Å². The molecule has 34 heavy (non-hydrogen) atoms. The van der Waals surface area contributed by atoms with E-state index in [2.05, 4.69) is 11.8 Å². The van der Waals surface area contributed by atoms with Crippen LogP contribution in [0, 0.1) is 0 Å². The highest BCUT2D eigenvalue weighted by Crippen LogP contribution is 2.28. The van der Waals surface area contributed by atoms with Gasteiger partial charge in [-0.2, -0.15) is 0 Å². The van der Waals surface area contributed by atoms with Gasteiger partial charge in [0.15, 0.2) is 0 Å². The number of piperazine rings is 1. The van der Waals surface area contributed by atoms with Gasteiger partial charge in [0.1, 0.15) is 5.75 Å². The molecule has 184 valence electrons. The second kappa shape index (κ2) is 11.6. The topological polar surface area (TPSA) is 66.9 Å². The van der Waals surface area contributed by atoms with Gasteiger partial charge < -0.3 is 14.5 Å². The van der Waals surface area contributed by atoms with Gasteiger partial charge in [-0.05, 0) is 63.6 Å². The molecule has 1 amide bonds. The number of halogens is 2. The number of hydrogen-bond donors (Lipinski definition) is 0. The lowest BCUT2D eigenvalue weighted by atomic mass is 10.0. The molecule has 0 radical (unpaired) electrons. The van der Waals surface area contributed by atoms with Crippen LogP contribution >= 0.6 is 23.2 Å². The highest BCUT2D eigenvalue weighted by Gasteiger charge is 2.34. The van der Waals surface area contributed by atoms with Gasteiger partial charge in [-0.3, -0.25) is 13.8 Å². The SMILES string of the molecule is CCC(C)OC(=O)CS(=O)c1ccc(C(=O)N2CCN(c3cccc(Cl)c3)[C@H](C)C2C)cc1Cl. The van der Waals surface area contributed by atoms with E-state index in [9.17, 15) is 13.8 Å². The number of ether oxygens (including phenoxy) is 1. The Morgan fingerprint density at radius 1 is 1.12 bits per heavy atom. The summed E-state index contributed by atoms with van der Waals surface area (Å²) in [5.41, 5.74) is 1.45. The number of carbonyl (C=O) groups excluding carboxylic acids is 2. The van der Waals surface area contributed by atoms with Crippen molar-refractivity contribution in [1.29, 1.82) is 0 Å². The second-order valence-electron chi connectivity index (χ2n) is 8.50. The molecule has 3 unspecified atom stereocenters. The Morgan fingerprint density at radius 2 is 1.85 bits per heavy atom. The number of carbonyl (C=O) groups is 2. The summed E-state index contributed by atoms with van der Waals surface area (Å²) >= 11 is 12.5. The Hall–Kier alpha value is -2.09. The molecule has 0 aromatic heterocycles. The fourth-order valence-corrected chi connectivity index (χ4v) is 5.52. The molecule has 1 aliphatic rings. The maximum atomic E-state index is 13.3. The molecule has 6 nitrogen and oxygen atoms in total. The predicted molar refractivity (Wildman–Crippen MR) is 137 cm³/mol. The Kier molecular flexibility index (Phi) is 9.01. The van der Waals surface area contributed by atoms with Crippen molar-refractivity contribution in [2.24, 2.45) is 0 Å². The average Bonchev–Trinajstić information content (AvgIpc) is 2.79. The zero-order valence-corrected chi connectivity index (χ0v) is 22.1. The fourth-order valence-electron chi connectivity index (χ4n) is 3.96. The lowest BCUT2D eigenvalue weighted by Crippen LogP contribution is -2.59. The van der Waals surface area contributed by atoms with Gasteiger partial charge in [0.2, 0.25) is 0 Å². The lowest BCUT2D eigenvalue weighted by molar-refractivity contribution is -0.145. The van der Waals surface area contributed by atoms with Crippen molar-refractivity contribution in [2.75, 3.05) is 23.7 Å². The minimum absolute atomic E-state index is 0.0526. The molecule has 0 spiro atoms. The Bertz CT molecular complexity index is 1080. The first-order valence-electron chi connectivity index (χ1n) is 11.3. The summed E-state index contributed by atoms with van der Waals surface area (Å²) < 4.78 is 17.8. The minimum Gasteiger partial charge on any atom is -0.462 e. The van der Waals surface area contributed by atoms with Crippen molar-refractivity contribution >= 4 is 51.6 Å². The molecule has 1 aliphatic heterocycles. The number of esters is 1. The van der Waals surface area contributed by atoms with Crippen LogP contribution in [0.15, 0.2) is 47.4 Å². The standard InChI is InChI=1S/C25H30Cl2N2O4S/c1-5-16(2)33-24(30)15-34(32)23-10-9-19(13-22(23)27)25(31)29-12-11-28(17(3)18(29)4)21-8-6-7-20(26)14-21/h6-10,13-14,16-18H,5,11-12,15H2,1-4H3/t16?,17-,18?,34?/m1/s1. The third kappa shape index (κ3) is 6.12. The first-order valence-corrected chi connectivity index (χ1v) is 13.4. The maximum Gasteiger partial charge on any atom is 0.319 e.